The molecule has 1 unspecified atom stereocenters. The Labute approximate surface area is 129 Å². The number of nitrogens with zero attached hydrogens (tertiary/aromatic N) is 1. The van der Waals surface area contributed by atoms with Crippen LogP contribution in [0.3, 0.4) is 0 Å². The van der Waals surface area contributed by atoms with Gasteiger partial charge in [0.2, 0.25) is 0 Å². The van der Waals surface area contributed by atoms with E-state index in [-0.39, 0.29) is 0 Å². The van der Waals surface area contributed by atoms with Crippen molar-refractivity contribution in [2.24, 2.45) is 0 Å². The summed E-state index contributed by atoms with van der Waals surface area (Å²) in [5.74, 6) is 0.995. The van der Waals surface area contributed by atoms with Crippen molar-refractivity contribution < 1.29 is 0 Å². The first-order chi connectivity index (χ1) is 10.1. The standard InChI is InChI=1S/C18H20N2S/c1-12-10-15-6-4-5-7-17(15)20-18(12)19-13(2)11-16-9-8-14(3)21-16/h4-10,13H,11H2,1-3H3,(H,19,20). The second-order valence-electron chi connectivity index (χ2n) is 5.61. The maximum atomic E-state index is 4.75. The third kappa shape index (κ3) is 3.24. The molecule has 2 aromatic heterocycles. The van der Waals surface area contributed by atoms with Crippen LogP contribution in [0.15, 0.2) is 42.5 Å². The van der Waals surface area contributed by atoms with Crippen LogP contribution in [-0.4, -0.2) is 11.0 Å². The summed E-state index contributed by atoms with van der Waals surface area (Å²) in [6, 6.07) is 15.2. The summed E-state index contributed by atoms with van der Waals surface area (Å²) >= 11 is 1.87. The summed E-state index contributed by atoms with van der Waals surface area (Å²) in [5.41, 5.74) is 2.24. The molecule has 1 atom stereocenters. The Kier molecular flexibility index (Phi) is 3.93. The highest BCUT2D eigenvalue weighted by Gasteiger charge is 2.09. The number of rotatable bonds is 4. The van der Waals surface area contributed by atoms with Crippen LogP contribution in [0.5, 0.6) is 0 Å². The Morgan fingerprint density at radius 3 is 2.71 bits per heavy atom. The molecule has 1 N–H and O–H groups in total. The summed E-state index contributed by atoms with van der Waals surface area (Å²) in [4.78, 5) is 7.55. The Morgan fingerprint density at radius 1 is 1.14 bits per heavy atom. The minimum Gasteiger partial charge on any atom is -0.367 e. The van der Waals surface area contributed by atoms with Crippen LogP contribution in [0, 0.1) is 13.8 Å². The summed E-state index contributed by atoms with van der Waals surface area (Å²) in [5, 5.41) is 4.75. The predicted molar refractivity (Wildman–Crippen MR) is 92.3 cm³/mol. The molecule has 0 aliphatic carbocycles. The first-order valence-corrected chi connectivity index (χ1v) is 8.12. The molecule has 1 aromatic carbocycles. The van der Waals surface area contributed by atoms with Gasteiger partial charge >= 0.3 is 0 Å². The molecule has 0 spiro atoms. The third-order valence-corrected chi connectivity index (χ3v) is 4.62. The van der Waals surface area contributed by atoms with Gasteiger partial charge in [-0.3, -0.25) is 0 Å². The molecule has 0 aliphatic rings. The minimum atomic E-state index is 0.371. The van der Waals surface area contributed by atoms with Crippen molar-refractivity contribution in [2.45, 2.75) is 33.2 Å². The lowest BCUT2D eigenvalue weighted by Gasteiger charge is -2.16. The van der Waals surface area contributed by atoms with Gasteiger partial charge in [-0.1, -0.05) is 18.2 Å². The number of thiophene rings is 1. The van der Waals surface area contributed by atoms with E-state index in [0.29, 0.717) is 6.04 Å². The van der Waals surface area contributed by atoms with Crippen molar-refractivity contribution in [3.63, 3.8) is 0 Å². The highest BCUT2D eigenvalue weighted by molar-refractivity contribution is 7.11. The summed E-state index contributed by atoms with van der Waals surface area (Å²) in [6.07, 6.45) is 1.03. The number of fused-ring (bicyclic) bond motifs is 1. The van der Waals surface area contributed by atoms with Gasteiger partial charge in [0.1, 0.15) is 5.82 Å². The molecular formula is C18H20N2S. The highest BCUT2D eigenvalue weighted by atomic mass is 32.1. The quantitative estimate of drug-likeness (QED) is 0.736. The Bertz CT molecular complexity index is 761. The molecule has 0 amide bonds. The smallest absolute Gasteiger partial charge is 0.129 e. The van der Waals surface area contributed by atoms with E-state index in [1.54, 1.807) is 0 Å². The lowest BCUT2D eigenvalue weighted by molar-refractivity contribution is 0.794. The molecule has 0 aliphatic heterocycles. The average Bonchev–Trinajstić information content (AvgIpc) is 2.85. The Balaban J connectivity index is 1.79. The maximum absolute atomic E-state index is 4.75. The molecule has 2 nitrogen and oxygen atoms in total. The third-order valence-electron chi connectivity index (χ3n) is 3.60. The van der Waals surface area contributed by atoms with Gasteiger partial charge in [0.25, 0.3) is 0 Å². The number of hydrogen-bond acceptors (Lipinski definition) is 3. The van der Waals surface area contributed by atoms with Crippen molar-refractivity contribution in [1.82, 2.24) is 4.98 Å². The minimum absolute atomic E-state index is 0.371. The van der Waals surface area contributed by atoms with Gasteiger partial charge in [-0.05, 0) is 50.6 Å². The number of nitrogens with one attached hydrogen (secondary N) is 1. The van der Waals surface area contributed by atoms with Gasteiger partial charge in [0.15, 0.2) is 0 Å². The predicted octanol–water partition coefficient (Wildman–Crippen LogP) is 4.96. The van der Waals surface area contributed by atoms with Crippen LogP contribution >= 0.6 is 11.3 Å². The molecule has 0 saturated carbocycles. The largest absolute Gasteiger partial charge is 0.367 e. The van der Waals surface area contributed by atoms with Crippen LogP contribution in [0.25, 0.3) is 10.9 Å². The molecule has 108 valence electrons. The zero-order valence-corrected chi connectivity index (χ0v) is 13.5. The van der Waals surface area contributed by atoms with Gasteiger partial charge in [-0.25, -0.2) is 4.98 Å². The lowest BCUT2D eigenvalue weighted by atomic mass is 10.1. The zero-order valence-electron chi connectivity index (χ0n) is 12.7. The van der Waals surface area contributed by atoms with E-state index in [1.165, 1.54) is 20.7 Å². The molecule has 0 fully saturated rings. The molecule has 3 heteroatoms. The van der Waals surface area contributed by atoms with E-state index in [1.807, 2.05) is 17.4 Å². The fourth-order valence-electron chi connectivity index (χ4n) is 2.55. The SMILES string of the molecule is Cc1ccc(CC(C)Nc2nc3ccccc3cc2C)s1. The molecule has 0 bridgehead atoms. The number of hydrogen-bond donors (Lipinski definition) is 1. The van der Waals surface area contributed by atoms with Gasteiger partial charge in [0, 0.05) is 27.6 Å². The van der Waals surface area contributed by atoms with E-state index < -0.39 is 0 Å². The summed E-state index contributed by atoms with van der Waals surface area (Å²) < 4.78 is 0. The Morgan fingerprint density at radius 2 is 1.95 bits per heavy atom. The normalized spacial score (nSPS) is 12.5. The van der Waals surface area contributed by atoms with Crippen LogP contribution in [-0.2, 0) is 6.42 Å². The number of aromatic nitrogens is 1. The number of para-hydroxylation sites is 1. The van der Waals surface area contributed by atoms with E-state index >= 15 is 0 Å². The molecular weight excluding hydrogens is 276 g/mol. The summed E-state index contributed by atoms with van der Waals surface area (Å²) in [6.45, 7) is 6.48. The lowest BCUT2D eigenvalue weighted by Crippen LogP contribution is -2.19. The zero-order chi connectivity index (χ0) is 14.8. The molecule has 3 aromatic rings. The molecule has 0 saturated heterocycles. The Hall–Kier alpha value is -1.87. The van der Waals surface area contributed by atoms with Gasteiger partial charge in [-0.2, -0.15) is 0 Å². The van der Waals surface area contributed by atoms with E-state index in [2.05, 4.69) is 62.5 Å². The highest BCUT2D eigenvalue weighted by Crippen LogP contribution is 2.22. The van der Waals surface area contributed by atoms with Crippen molar-refractivity contribution in [2.75, 3.05) is 5.32 Å². The van der Waals surface area contributed by atoms with Crippen LogP contribution in [0.1, 0.15) is 22.2 Å². The first kappa shape index (κ1) is 14.1. The first-order valence-electron chi connectivity index (χ1n) is 7.30. The van der Waals surface area contributed by atoms with Gasteiger partial charge < -0.3 is 5.32 Å². The molecule has 2 heterocycles. The second-order valence-corrected chi connectivity index (χ2v) is 6.98. The monoisotopic (exact) mass is 296 g/mol. The number of benzene rings is 1. The average molecular weight is 296 g/mol. The van der Waals surface area contributed by atoms with Gasteiger partial charge in [0.05, 0.1) is 5.52 Å². The van der Waals surface area contributed by atoms with Gasteiger partial charge in [-0.15, -0.1) is 11.3 Å². The number of aryl methyl sites for hydroxylation is 2. The fraction of sp³-hybridized carbons (Fsp3) is 0.278. The molecule has 21 heavy (non-hydrogen) atoms. The van der Waals surface area contributed by atoms with E-state index in [4.69, 9.17) is 4.98 Å². The van der Waals surface area contributed by atoms with Crippen LogP contribution < -0.4 is 5.32 Å². The van der Waals surface area contributed by atoms with Crippen molar-refractivity contribution in [3.8, 4) is 0 Å². The van der Waals surface area contributed by atoms with Crippen molar-refractivity contribution >= 4 is 28.1 Å². The van der Waals surface area contributed by atoms with Crippen molar-refractivity contribution in [3.05, 3.63) is 57.8 Å². The van der Waals surface area contributed by atoms with Crippen molar-refractivity contribution in [1.29, 1.82) is 0 Å². The van der Waals surface area contributed by atoms with Crippen LogP contribution in [0.4, 0.5) is 5.82 Å². The number of anilines is 1. The second kappa shape index (κ2) is 5.86. The topological polar surface area (TPSA) is 24.9 Å². The summed E-state index contributed by atoms with van der Waals surface area (Å²) in [7, 11) is 0. The fourth-order valence-corrected chi connectivity index (χ4v) is 3.57. The molecule has 0 radical (unpaired) electrons. The van der Waals surface area contributed by atoms with E-state index in [0.717, 1.165) is 17.8 Å². The molecule has 3 rings (SSSR count). The van der Waals surface area contributed by atoms with Crippen LogP contribution in [0.2, 0.25) is 0 Å². The maximum Gasteiger partial charge on any atom is 0.129 e. The number of pyridine rings is 1. The van der Waals surface area contributed by atoms with E-state index in [9.17, 15) is 0 Å².